The number of rotatable bonds is 5. The average Bonchev–Trinajstić information content (AvgIpc) is 3.06. The Labute approximate surface area is 126 Å². The number of aliphatic imine (C=N–C) groups is 1. The van der Waals surface area contributed by atoms with Crippen molar-refractivity contribution in [2.45, 2.75) is 25.7 Å². The van der Waals surface area contributed by atoms with E-state index in [1.165, 1.54) is 11.1 Å². The van der Waals surface area contributed by atoms with Crippen LogP contribution in [-0.2, 0) is 6.42 Å². The lowest BCUT2D eigenvalue weighted by Crippen LogP contribution is -2.22. The molecule has 0 radical (unpaired) electrons. The highest BCUT2D eigenvalue weighted by atomic mass is 15.1. The lowest BCUT2D eigenvalue weighted by Gasteiger charge is -2.20. The van der Waals surface area contributed by atoms with E-state index in [9.17, 15) is 0 Å². The minimum atomic E-state index is 0.270. The standard InChI is InChI=1S/C18H21N3/c1-2-14-7-3-4-8-15(14)16(13-18-20-11-12-21-18)17-9-5-6-10-19-17/h3-10,16H,2,11-13H2,1H3,(H,20,21). The molecule has 1 unspecified atom stereocenters. The van der Waals surface area contributed by atoms with E-state index >= 15 is 0 Å². The van der Waals surface area contributed by atoms with Crippen LogP contribution in [0.2, 0.25) is 0 Å². The highest BCUT2D eigenvalue weighted by molar-refractivity contribution is 5.84. The minimum Gasteiger partial charge on any atom is -0.372 e. The molecule has 1 aromatic carbocycles. The molecule has 0 saturated carbocycles. The second-order valence-corrected chi connectivity index (χ2v) is 5.32. The molecule has 2 aromatic rings. The summed E-state index contributed by atoms with van der Waals surface area (Å²) in [4.78, 5) is 9.15. The van der Waals surface area contributed by atoms with E-state index in [0.717, 1.165) is 37.5 Å². The third kappa shape index (κ3) is 3.13. The van der Waals surface area contributed by atoms with Crippen molar-refractivity contribution in [1.29, 1.82) is 0 Å². The second kappa shape index (κ2) is 6.53. The van der Waals surface area contributed by atoms with E-state index in [-0.39, 0.29) is 5.92 Å². The Balaban J connectivity index is 1.99. The van der Waals surface area contributed by atoms with E-state index in [1.807, 2.05) is 12.3 Å². The van der Waals surface area contributed by atoms with Crippen LogP contribution in [0.3, 0.4) is 0 Å². The highest BCUT2D eigenvalue weighted by Crippen LogP contribution is 2.30. The Morgan fingerprint density at radius 3 is 2.71 bits per heavy atom. The Morgan fingerprint density at radius 2 is 2.00 bits per heavy atom. The van der Waals surface area contributed by atoms with Gasteiger partial charge in [-0.05, 0) is 29.7 Å². The molecule has 0 amide bonds. The molecule has 0 bridgehead atoms. The van der Waals surface area contributed by atoms with Crippen LogP contribution in [0.15, 0.2) is 53.7 Å². The van der Waals surface area contributed by atoms with Gasteiger partial charge in [0.25, 0.3) is 0 Å². The van der Waals surface area contributed by atoms with Gasteiger partial charge in [-0.2, -0.15) is 0 Å². The number of nitrogens with zero attached hydrogens (tertiary/aromatic N) is 2. The van der Waals surface area contributed by atoms with Crippen LogP contribution < -0.4 is 5.32 Å². The van der Waals surface area contributed by atoms with Crippen molar-refractivity contribution < 1.29 is 0 Å². The van der Waals surface area contributed by atoms with Gasteiger partial charge in [0.2, 0.25) is 0 Å². The van der Waals surface area contributed by atoms with Gasteiger partial charge in [-0.3, -0.25) is 9.98 Å². The van der Waals surface area contributed by atoms with Crippen LogP contribution in [-0.4, -0.2) is 23.9 Å². The van der Waals surface area contributed by atoms with Gasteiger partial charge in [-0.15, -0.1) is 0 Å². The van der Waals surface area contributed by atoms with E-state index in [0.29, 0.717) is 0 Å². The molecule has 1 aliphatic heterocycles. The van der Waals surface area contributed by atoms with Gasteiger partial charge < -0.3 is 5.32 Å². The van der Waals surface area contributed by atoms with Gasteiger partial charge in [0, 0.05) is 30.8 Å². The Hall–Kier alpha value is -2.16. The first-order chi connectivity index (χ1) is 10.4. The number of aromatic nitrogens is 1. The number of aryl methyl sites for hydroxylation is 1. The summed E-state index contributed by atoms with van der Waals surface area (Å²) in [5.41, 5.74) is 3.89. The summed E-state index contributed by atoms with van der Waals surface area (Å²) in [6, 6.07) is 14.8. The molecule has 1 aliphatic rings. The van der Waals surface area contributed by atoms with E-state index in [1.54, 1.807) is 0 Å². The van der Waals surface area contributed by atoms with Crippen LogP contribution in [0, 0.1) is 0 Å². The van der Waals surface area contributed by atoms with Gasteiger partial charge in [0.15, 0.2) is 0 Å². The molecule has 108 valence electrons. The predicted octanol–water partition coefficient (Wildman–Crippen LogP) is 3.17. The maximum Gasteiger partial charge on any atom is 0.0974 e. The number of benzene rings is 1. The topological polar surface area (TPSA) is 37.3 Å². The molecule has 1 N–H and O–H groups in total. The minimum absolute atomic E-state index is 0.270. The molecule has 0 fully saturated rings. The fourth-order valence-corrected chi connectivity index (χ4v) is 2.93. The smallest absolute Gasteiger partial charge is 0.0974 e. The van der Waals surface area contributed by atoms with Gasteiger partial charge >= 0.3 is 0 Å². The lowest BCUT2D eigenvalue weighted by molar-refractivity contribution is 0.788. The zero-order chi connectivity index (χ0) is 14.5. The first-order valence-electron chi connectivity index (χ1n) is 7.64. The molecule has 0 spiro atoms. The van der Waals surface area contributed by atoms with Crippen molar-refractivity contribution >= 4 is 5.84 Å². The quantitative estimate of drug-likeness (QED) is 0.912. The molecular formula is C18H21N3. The summed E-state index contributed by atoms with van der Waals surface area (Å²) < 4.78 is 0. The summed E-state index contributed by atoms with van der Waals surface area (Å²) >= 11 is 0. The van der Waals surface area contributed by atoms with Crippen LogP contribution in [0.5, 0.6) is 0 Å². The molecular weight excluding hydrogens is 258 g/mol. The third-order valence-corrected chi connectivity index (χ3v) is 4.00. The molecule has 0 aliphatic carbocycles. The van der Waals surface area contributed by atoms with Crippen molar-refractivity contribution in [3.8, 4) is 0 Å². The SMILES string of the molecule is CCc1ccccc1C(CC1=NCCN1)c1ccccn1. The first-order valence-corrected chi connectivity index (χ1v) is 7.64. The van der Waals surface area contributed by atoms with Gasteiger partial charge in [-0.25, -0.2) is 0 Å². The van der Waals surface area contributed by atoms with E-state index < -0.39 is 0 Å². The van der Waals surface area contributed by atoms with Gasteiger partial charge in [0.1, 0.15) is 0 Å². The molecule has 3 nitrogen and oxygen atoms in total. The van der Waals surface area contributed by atoms with Gasteiger partial charge in [-0.1, -0.05) is 37.3 Å². The molecule has 3 heteroatoms. The van der Waals surface area contributed by atoms with Crippen LogP contribution in [0.4, 0.5) is 0 Å². The molecule has 0 saturated heterocycles. The van der Waals surface area contributed by atoms with Crippen molar-refractivity contribution in [3.63, 3.8) is 0 Å². The Kier molecular flexibility index (Phi) is 4.29. The second-order valence-electron chi connectivity index (χ2n) is 5.32. The number of amidine groups is 1. The number of hydrogen-bond acceptors (Lipinski definition) is 3. The predicted molar refractivity (Wildman–Crippen MR) is 86.8 cm³/mol. The normalized spacial score (nSPS) is 15.4. The summed E-state index contributed by atoms with van der Waals surface area (Å²) in [6.45, 7) is 4.05. The van der Waals surface area contributed by atoms with Crippen molar-refractivity contribution in [2.75, 3.05) is 13.1 Å². The monoisotopic (exact) mass is 279 g/mol. The fraction of sp³-hybridized carbons (Fsp3) is 0.333. The molecule has 1 aromatic heterocycles. The molecule has 21 heavy (non-hydrogen) atoms. The Morgan fingerprint density at radius 1 is 1.14 bits per heavy atom. The average molecular weight is 279 g/mol. The van der Waals surface area contributed by atoms with Crippen molar-refractivity contribution in [2.24, 2.45) is 4.99 Å². The molecule has 1 atom stereocenters. The van der Waals surface area contributed by atoms with Crippen molar-refractivity contribution in [3.05, 3.63) is 65.5 Å². The third-order valence-electron chi connectivity index (χ3n) is 4.00. The van der Waals surface area contributed by atoms with Crippen molar-refractivity contribution in [1.82, 2.24) is 10.3 Å². The largest absolute Gasteiger partial charge is 0.372 e. The zero-order valence-electron chi connectivity index (χ0n) is 12.4. The summed E-state index contributed by atoms with van der Waals surface area (Å²) in [5.74, 6) is 1.38. The highest BCUT2D eigenvalue weighted by Gasteiger charge is 2.21. The maximum absolute atomic E-state index is 4.59. The molecule has 2 heterocycles. The number of nitrogens with one attached hydrogen (secondary N) is 1. The van der Waals surface area contributed by atoms with Crippen LogP contribution in [0.1, 0.15) is 36.1 Å². The zero-order valence-corrected chi connectivity index (χ0v) is 12.4. The summed E-state index contributed by atoms with van der Waals surface area (Å²) in [7, 11) is 0. The van der Waals surface area contributed by atoms with Gasteiger partial charge in [0.05, 0.1) is 12.4 Å². The Bertz CT molecular complexity index is 619. The number of pyridine rings is 1. The lowest BCUT2D eigenvalue weighted by atomic mass is 9.87. The van der Waals surface area contributed by atoms with Crippen LogP contribution in [0.25, 0.3) is 0 Å². The summed E-state index contributed by atoms with van der Waals surface area (Å²) in [5, 5.41) is 3.39. The maximum atomic E-state index is 4.59. The van der Waals surface area contributed by atoms with E-state index in [4.69, 9.17) is 0 Å². The van der Waals surface area contributed by atoms with Crippen LogP contribution >= 0.6 is 0 Å². The van der Waals surface area contributed by atoms with E-state index in [2.05, 4.69) is 58.6 Å². The molecule has 3 rings (SSSR count). The number of hydrogen-bond donors (Lipinski definition) is 1. The fourth-order valence-electron chi connectivity index (χ4n) is 2.93. The summed E-state index contributed by atoms with van der Waals surface area (Å²) in [6.07, 6.45) is 3.81. The first kappa shape index (κ1) is 13.8.